The Balaban J connectivity index is 2.33. The van der Waals surface area contributed by atoms with Crippen LogP contribution < -0.4 is 5.56 Å². The zero-order chi connectivity index (χ0) is 14.7. The lowest BCUT2D eigenvalue weighted by molar-refractivity contribution is 0.0600. The molecule has 0 unspecified atom stereocenters. The minimum absolute atomic E-state index is 0.0172. The molecule has 2 rings (SSSR count). The Morgan fingerprint density at radius 3 is 2.75 bits per heavy atom. The van der Waals surface area contributed by atoms with Crippen molar-refractivity contribution in [3.63, 3.8) is 0 Å². The van der Waals surface area contributed by atoms with Crippen LogP contribution in [-0.2, 0) is 11.3 Å². The van der Waals surface area contributed by atoms with Crippen LogP contribution in [0.3, 0.4) is 0 Å². The van der Waals surface area contributed by atoms with Gasteiger partial charge < -0.3 is 9.30 Å². The van der Waals surface area contributed by atoms with Gasteiger partial charge in [0.2, 0.25) is 0 Å². The normalized spacial score (nSPS) is 10.3. The van der Waals surface area contributed by atoms with Gasteiger partial charge in [-0.1, -0.05) is 28.1 Å². The predicted octanol–water partition coefficient (Wildman–Crippen LogP) is 2.75. The number of aryl methyl sites for hydroxylation is 1. The van der Waals surface area contributed by atoms with Crippen molar-refractivity contribution < 1.29 is 9.53 Å². The lowest BCUT2D eigenvalue weighted by Crippen LogP contribution is -2.21. The Labute approximate surface area is 125 Å². The van der Waals surface area contributed by atoms with E-state index in [4.69, 9.17) is 0 Å². The Morgan fingerprint density at radius 2 is 2.10 bits per heavy atom. The van der Waals surface area contributed by atoms with Gasteiger partial charge in [-0.25, -0.2) is 4.79 Å². The van der Waals surface area contributed by atoms with E-state index in [0.717, 1.165) is 10.0 Å². The van der Waals surface area contributed by atoms with Crippen molar-refractivity contribution in [3.8, 4) is 0 Å². The average Bonchev–Trinajstić information content (AvgIpc) is 2.45. The van der Waals surface area contributed by atoms with Crippen molar-refractivity contribution in [1.29, 1.82) is 0 Å². The van der Waals surface area contributed by atoms with Gasteiger partial charge in [-0.15, -0.1) is 0 Å². The smallest absolute Gasteiger partial charge is 0.337 e. The first-order valence-corrected chi connectivity index (χ1v) is 6.85. The Morgan fingerprint density at radius 1 is 1.35 bits per heavy atom. The lowest BCUT2D eigenvalue weighted by Gasteiger charge is -2.09. The number of benzene rings is 1. The quantitative estimate of drug-likeness (QED) is 0.810. The van der Waals surface area contributed by atoms with Crippen LogP contribution in [-0.4, -0.2) is 17.6 Å². The number of carbonyl (C=O) groups is 1. The van der Waals surface area contributed by atoms with E-state index in [9.17, 15) is 9.59 Å². The second-order valence-corrected chi connectivity index (χ2v) is 5.28. The highest BCUT2D eigenvalue weighted by Crippen LogP contribution is 2.20. The summed E-state index contributed by atoms with van der Waals surface area (Å²) in [6.45, 7) is 2.23. The molecule has 4 nitrogen and oxygen atoms in total. The van der Waals surface area contributed by atoms with Crippen LogP contribution in [0.1, 0.15) is 21.5 Å². The molecular formula is C15H14BrNO3. The van der Waals surface area contributed by atoms with Gasteiger partial charge in [0.15, 0.2) is 0 Å². The third-order valence-electron chi connectivity index (χ3n) is 3.03. The van der Waals surface area contributed by atoms with Gasteiger partial charge in [-0.3, -0.25) is 4.79 Å². The monoisotopic (exact) mass is 335 g/mol. The summed E-state index contributed by atoms with van der Waals surface area (Å²) in [5, 5.41) is 0. The van der Waals surface area contributed by atoms with E-state index in [-0.39, 0.29) is 11.5 Å². The number of hydrogen-bond donors (Lipinski definition) is 0. The van der Waals surface area contributed by atoms with Crippen LogP contribution >= 0.6 is 15.9 Å². The molecule has 0 N–H and O–H groups in total. The molecule has 20 heavy (non-hydrogen) atoms. The molecular weight excluding hydrogens is 322 g/mol. The molecule has 0 spiro atoms. The molecule has 0 atom stereocenters. The summed E-state index contributed by atoms with van der Waals surface area (Å²) in [6, 6.07) is 8.82. The summed E-state index contributed by atoms with van der Waals surface area (Å²) in [5.74, 6) is -0.384. The van der Waals surface area contributed by atoms with Crippen LogP contribution in [0, 0.1) is 6.92 Å². The fourth-order valence-electron chi connectivity index (χ4n) is 1.89. The highest BCUT2D eigenvalue weighted by Gasteiger charge is 2.09. The van der Waals surface area contributed by atoms with Crippen LogP contribution in [0.15, 0.2) is 45.8 Å². The standard InChI is InChI=1S/C15H14BrNO3/c1-10-4-3-7-17(14(10)18)9-12-6-5-11(8-13(12)16)15(19)20-2/h3-8H,9H2,1-2H3. The zero-order valence-corrected chi connectivity index (χ0v) is 12.8. The average molecular weight is 336 g/mol. The Bertz CT molecular complexity index is 707. The van der Waals surface area contributed by atoms with Gasteiger partial charge in [-0.05, 0) is 30.7 Å². The van der Waals surface area contributed by atoms with E-state index >= 15 is 0 Å². The number of carbonyl (C=O) groups excluding carboxylic acids is 1. The van der Waals surface area contributed by atoms with Gasteiger partial charge in [-0.2, -0.15) is 0 Å². The van der Waals surface area contributed by atoms with E-state index in [2.05, 4.69) is 20.7 Å². The molecule has 0 aliphatic carbocycles. The van der Waals surface area contributed by atoms with Crippen molar-refractivity contribution in [3.05, 3.63) is 68.0 Å². The Hall–Kier alpha value is -1.88. The predicted molar refractivity (Wildman–Crippen MR) is 80.0 cm³/mol. The molecule has 1 aromatic heterocycles. The molecule has 0 aliphatic rings. The molecule has 1 heterocycles. The van der Waals surface area contributed by atoms with Crippen LogP contribution in [0.25, 0.3) is 0 Å². The first-order chi connectivity index (χ1) is 9.52. The second kappa shape index (κ2) is 6.05. The topological polar surface area (TPSA) is 48.3 Å². The van der Waals surface area contributed by atoms with Crippen molar-refractivity contribution in [2.24, 2.45) is 0 Å². The van der Waals surface area contributed by atoms with E-state index in [1.165, 1.54) is 7.11 Å². The molecule has 5 heteroatoms. The van der Waals surface area contributed by atoms with Crippen LogP contribution in [0.5, 0.6) is 0 Å². The molecule has 0 aliphatic heterocycles. The number of hydrogen-bond acceptors (Lipinski definition) is 3. The minimum Gasteiger partial charge on any atom is -0.465 e. The number of aromatic nitrogens is 1. The maximum absolute atomic E-state index is 12.0. The van der Waals surface area contributed by atoms with Gasteiger partial charge in [0.05, 0.1) is 19.2 Å². The van der Waals surface area contributed by atoms with Crippen molar-refractivity contribution in [1.82, 2.24) is 4.57 Å². The van der Waals surface area contributed by atoms with Gasteiger partial charge >= 0.3 is 5.97 Å². The summed E-state index contributed by atoms with van der Waals surface area (Å²) in [6.07, 6.45) is 1.75. The SMILES string of the molecule is COC(=O)c1ccc(Cn2cccc(C)c2=O)c(Br)c1. The minimum atomic E-state index is -0.384. The van der Waals surface area contributed by atoms with Crippen LogP contribution in [0.4, 0.5) is 0 Å². The molecule has 0 saturated carbocycles. The molecule has 0 fully saturated rings. The summed E-state index contributed by atoms with van der Waals surface area (Å²) in [7, 11) is 1.34. The number of pyridine rings is 1. The number of rotatable bonds is 3. The summed E-state index contributed by atoms with van der Waals surface area (Å²) >= 11 is 3.42. The Kier molecular flexibility index (Phi) is 4.39. The fraction of sp³-hybridized carbons (Fsp3) is 0.200. The van der Waals surface area contributed by atoms with E-state index in [1.807, 2.05) is 12.1 Å². The summed E-state index contributed by atoms with van der Waals surface area (Å²) in [4.78, 5) is 23.4. The lowest BCUT2D eigenvalue weighted by atomic mass is 10.1. The largest absolute Gasteiger partial charge is 0.465 e. The first kappa shape index (κ1) is 14.5. The number of ether oxygens (including phenoxy) is 1. The molecule has 1 aromatic carbocycles. The number of methoxy groups -OCH3 is 1. The molecule has 0 radical (unpaired) electrons. The third kappa shape index (κ3) is 2.99. The highest BCUT2D eigenvalue weighted by molar-refractivity contribution is 9.10. The summed E-state index contributed by atoms with van der Waals surface area (Å²) in [5.41, 5.74) is 2.08. The third-order valence-corrected chi connectivity index (χ3v) is 3.76. The molecule has 0 bridgehead atoms. The zero-order valence-electron chi connectivity index (χ0n) is 11.2. The highest BCUT2D eigenvalue weighted by atomic mass is 79.9. The number of nitrogens with zero attached hydrogens (tertiary/aromatic N) is 1. The molecule has 2 aromatic rings. The van der Waals surface area contributed by atoms with Crippen molar-refractivity contribution in [2.75, 3.05) is 7.11 Å². The van der Waals surface area contributed by atoms with Gasteiger partial charge in [0.1, 0.15) is 0 Å². The first-order valence-electron chi connectivity index (χ1n) is 6.05. The van der Waals surface area contributed by atoms with Gasteiger partial charge in [0.25, 0.3) is 5.56 Å². The van der Waals surface area contributed by atoms with Crippen molar-refractivity contribution >= 4 is 21.9 Å². The van der Waals surface area contributed by atoms with Crippen LogP contribution in [0.2, 0.25) is 0 Å². The maximum atomic E-state index is 12.0. The van der Waals surface area contributed by atoms with E-state index < -0.39 is 0 Å². The number of esters is 1. The van der Waals surface area contributed by atoms with E-state index in [0.29, 0.717) is 17.7 Å². The molecule has 104 valence electrons. The van der Waals surface area contributed by atoms with Gasteiger partial charge in [0, 0.05) is 16.2 Å². The fourth-order valence-corrected chi connectivity index (χ4v) is 2.39. The maximum Gasteiger partial charge on any atom is 0.337 e. The van der Waals surface area contributed by atoms with E-state index in [1.54, 1.807) is 35.9 Å². The summed E-state index contributed by atoms with van der Waals surface area (Å²) < 4.78 is 7.07. The molecule has 0 amide bonds. The molecule has 0 saturated heterocycles. The number of halogens is 1. The van der Waals surface area contributed by atoms with Crippen molar-refractivity contribution in [2.45, 2.75) is 13.5 Å². The second-order valence-electron chi connectivity index (χ2n) is 4.42.